The molecule has 1 rings (SSSR count). The average molecular weight is 240 g/mol. The largest absolute Gasteiger partial charge is 0.450 e. The van der Waals surface area contributed by atoms with Gasteiger partial charge in [0.15, 0.2) is 0 Å². The van der Waals surface area contributed by atoms with Gasteiger partial charge in [0.05, 0.1) is 17.6 Å². The fourth-order valence-corrected chi connectivity index (χ4v) is 1.66. The van der Waals surface area contributed by atoms with Gasteiger partial charge >= 0.3 is 6.09 Å². The van der Waals surface area contributed by atoms with Crippen LogP contribution in [0.15, 0.2) is 24.4 Å². The maximum atomic E-state index is 11.6. The minimum absolute atomic E-state index is 0.154. The van der Waals surface area contributed by atoms with Gasteiger partial charge in [-0.25, -0.2) is 4.79 Å². The van der Waals surface area contributed by atoms with E-state index in [2.05, 4.69) is 0 Å². The molecule has 1 aliphatic rings. The molecule has 1 aliphatic heterocycles. The van der Waals surface area contributed by atoms with Crippen molar-refractivity contribution >= 4 is 6.09 Å². The number of amides is 1. The van der Waals surface area contributed by atoms with Crippen LogP contribution in [0.25, 0.3) is 0 Å². The quantitative estimate of drug-likeness (QED) is 0.427. The van der Waals surface area contributed by atoms with Gasteiger partial charge in [-0.1, -0.05) is 12.2 Å². The van der Waals surface area contributed by atoms with E-state index >= 15 is 0 Å². The molecule has 1 unspecified atom stereocenters. The molecule has 0 spiro atoms. The molecule has 94 valence electrons. The molecule has 0 bridgehead atoms. The lowest BCUT2D eigenvalue weighted by molar-refractivity contribution is -0.402. The summed E-state index contributed by atoms with van der Waals surface area (Å²) in [5, 5.41) is 10.2. The molecule has 0 aromatic rings. The molecule has 0 aromatic carbocycles. The van der Waals surface area contributed by atoms with Gasteiger partial charge < -0.3 is 9.64 Å². The summed E-state index contributed by atoms with van der Waals surface area (Å²) in [7, 11) is 0. The smallest absolute Gasteiger partial charge is 0.410 e. The van der Waals surface area contributed by atoms with Crippen molar-refractivity contribution in [2.75, 3.05) is 13.2 Å². The van der Waals surface area contributed by atoms with Crippen LogP contribution in [0.2, 0.25) is 0 Å². The molecule has 1 heterocycles. The SMILES string of the molecule is CCOC(=O)N1CCC=CC1C/C=C/[N+](=O)[O-]. The lowest BCUT2D eigenvalue weighted by atomic mass is 10.1. The number of hydrogen-bond donors (Lipinski definition) is 0. The topological polar surface area (TPSA) is 72.7 Å². The second-order valence-electron chi connectivity index (χ2n) is 3.58. The molecule has 0 radical (unpaired) electrons. The third kappa shape index (κ3) is 4.26. The highest BCUT2D eigenvalue weighted by Gasteiger charge is 2.23. The summed E-state index contributed by atoms with van der Waals surface area (Å²) in [6.45, 7) is 2.67. The average Bonchev–Trinajstić information content (AvgIpc) is 2.29. The maximum absolute atomic E-state index is 11.6. The predicted octanol–water partition coefficient (Wildman–Crippen LogP) is 1.95. The Labute approximate surface area is 99.7 Å². The number of hydrogen-bond acceptors (Lipinski definition) is 4. The summed E-state index contributed by atoms with van der Waals surface area (Å²) in [4.78, 5) is 22.9. The van der Waals surface area contributed by atoms with E-state index < -0.39 is 4.92 Å². The maximum Gasteiger partial charge on any atom is 0.410 e. The zero-order chi connectivity index (χ0) is 12.7. The molecular weight excluding hydrogens is 224 g/mol. The highest BCUT2D eigenvalue weighted by molar-refractivity contribution is 5.68. The number of ether oxygens (including phenoxy) is 1. The van der Waals surface area contributed by atoms with Gasteiger partial charge in [-0.2, -0.15) is 0 Å². The number of rotatable bonds is 4. The van der Waals surface area contributed by atoms with Crippen LogP contribution < -0.4 is 0 Å². The van der Waals surface area contributed by atoms with E-state index in [4.69, 9.17) is 4.74 Å². The van der Waals surface area contributed by atoms with Crippen molar-refractivity contribution in [2.24, 2.45) is 0 Å². The van der Waals surface area contributed by atoms with Crippen LogP contribution in [0.5, 0.6) is 0 Å². The molecule has 0 saturated heterocycles. The van der Waals surface area contributed by atoms with Crippen LogP contribution in [-0.2, 0) is 4.74 Å². The predicted molar refractivity (Wildman–Crippen MR) is 62.0 cm³/mol. The Morgan fingerprint density at radius 2 is 2.47 bits per heavy atom. The molecule has 1 amide bonds. The zero-order valence-corrected chi connectivity index (χ0v) is 9.74. The third-order valence-corrected chi connectivity index (χ3v) is 2.40. The van der Waals surface area contributed by atoms with E-state index in [9.17, 15) is 14.9 Å². The Morgan fingerprint density at radius 3 is 3.12 bits per heavy atom. The van der Waals surface area contributed by atoms with Gasteiger partial charge in [0.25, 0.3) is 0 Å². The first-order chi connectivity index (χ1) is 8.15. The molecular formula is C11H16N2O4. The Balaban J connectivity index is 2.59. The second-order valence-corrected chi connectivity index (χ2v) is 3.58. The van der Waals surface area contributed by atoms with Gasteiger partial charge in [-0.15, -0.1) is 0 Å². The second kappa shape index (κ2) is 6.67. The Kier molecular flexibility index (Phi) is 5.19. The highest BCUT2D eigenvalue weighted by Crippen LogP contribution is 2.15. The van der Waals surface area contributed by atoms with Crippen LogP contribution in [0.3, 0.4) is 0 Å². The molecule has 0 aromatic heterocycles. The fourth-order valence-electron chi connectivity index (χ4n) is 1.66. The summed E-state index contributed by atoms with van der Waals surface area (Å²) in [5.41, 5.74) is 0. The molecule has 6 nitrogen and oxygen atoms in total. The van der Waals surface area contributed by atoms with Gasteiger partial charge in [0, 0.05) is 6.54 Å². The van der Waals surface area contributed by atoms with Crippen molar-refractivity contribution in [1.82, 2.24) is 4.90 Å². The van der Waals surface area contributed by atoms with Crippen LogP contribution in [-0.4, -0.2) is 35.1 Å². The highest BCUT2D eigenvalue weighted by atomic mass is 16.6. The van der Waals surface area contributed by atoms with Crippen molar-refractivity contribution in [3.8, 4) is 0 Å². The Morgan fingerprint density at radius 1 is 1.71 bits per heavy atom. The first kappa shape index (κ1) is 13.2. The molecule has 0 saturated carbocycles. The summed E-state index contributed by atoms with van der Waals surface area (Å²) >= 11 is 0. The van der Waals surface area contributed by atoms with Crippen LogP contribution in [0, 0.1) is 10.1 Å². The van der Waals surface area contributed by atoms with Crippen LogP contribution in [0.4, 0.5) is 4.79 Å². The molecule has 6 heteroatoms. The Bertz CT molecular complexity index is 338. The summed E-state index contributed by atoms with van der Waals surface area (Å²) in [5.74, 6) is 0. The lowest BCUT2D eigenvalue weighted by Crippen LogP contribution is -2.41. The van der Waals surface area contributed by atoms with Crippen molar-refractivity contribution in [1.29, 1.82) is 0 Å². The van der Waals surface area contributed by atoms with Crippen molar-refractivity contribution < 1.29 is 14.5 Å². The summed E-state index contributed by atoms with van der Waals surface area (Å²) in [6, 6.07) is -0.154. The zero-order valence-electron chi connectivity index (χ0n) is 9.74. The van der Waals surface area contributed by atoms with E-state index in [-0.39, 0.29) is 12.1 Å². The summed E-state index contributed by atoms with van der Waals surface area (Å²) in [6.07, 6.45) is 7.05. The number of carbonyl (C=O) groups is 1. The Hall–Kier alpha value is -1.85. The number of carbonyl (C=O) groups excluding carboxylic acids is 1. The standard InChI is InChI=1S/C11H16N2O4/c1-2-17-11(14)12-8-4-3-6-10(12)7-5-9-13(15)16/h3,5-6,9-10H,2,4,7-8H2,1H3/b9-5+. The molecule has 0 N–H and O–H groups in total. The van der Waals surface area contributed by atoms with Crippen LogP contribution in [0.1, 0.15) is 19.8 Å². The van der Waals surface area contributed by atoms with E-state index in [1.807, 2.05) is 12.2 Å². The first-order valence-corrected chi connectivity index (χ1v) is 5.55. The lowest BCUT2D eigenvalue weighted by Gasteiger charge is -2.30. The monoisotopic (exact) mass is 240 g/mol. The first-order valence-electron chi connectivity index (χ1n) is 5.55. The van der Waals surface area contributed by atoms with E-state index in [1.54, 1.807) is 11.8 Å². The van der Waals surface area contributed by atoms with Gasteiger partial charge in [-0.05, 0) is 25.8 Å². The molecule has 17 heavy (non-hydrogen) atoms. The molecule has 0 fully saturated rings. The van der Waals surface area contributed by atoms with Gasteiger partial charge in [0.2, 0.25) is 6.20 Å². The van der Waals surface area contributed by atoms with Gasteiger partial charge in [0.1, 0.15) is 0 Å². The normalized spacial score (nSPS) is 19.6. The minimum atomic E-state index is -0.513. The van der Waals surface area contributed by atoms with Crippen LogP contribution >= 0.6 is 0 Å². The number of nitrogens with zero attached hydrogens (tertiary/aromatic N) is 2. The number of nitro groups is 1. The van der Waals surface area contributed by atoms with E-state index in [1.165, 1.54) is 6.08 Å². The fraction of sp³-hybridized carbons (Fsp3) is 0.545. The molecule has 1 atom stereocenters. The van der Waals surface area contributed by atoms with Gasteiger partial charge in [-0.3, -0.25) is 10.1 Å². The van der Waals surface area contributed by atoms with Crippen molar-refractivity contribution in [3.05, 3.63) is 34.5 Å². The minimum Gasteiger partial charge on any atom is -0.450 e. The van der Waals surface area contributed by atoms with E-state index in [0.29, 0.717) is 19.6 Å². The van der Waals surface area contributed by atoms with Crippen molar-refractivity contribution in [3.63, 3.8) is 0 Å². The van der Waals surface area contributed by atoms with Crippen molar-refractivity contribution in [2.45, 2.75) is 25.8 Å². The summed E-state index contributed by atoms with van der Waals surface area (Å²) < 4.78 is 4.93. The van der Waals surface area contributed by atoms with E-state index in [0.717, 1.165) is 12.6 Å². The third-order valence-electron chi connectivity index (χ3n) is 2.40. The molecule has 0 aliphatic carbocycles.